The van der Waals surface area contributed by atoms with E-state index in [0.29, 0.717) is 0 Å². The number of hydrogen-bond acceptors (Lipinski definition) is 1. The maximum absolute atomic E-state index is 3.42. The summed E-state index contributed by atoms with van der Waals surface area (Å²) in [5.41, 5.74) is 0. The van der Waals surface area contributed by atoms with E-state index in [1.54, 1.807) is 0 Å². The van der Waals surface area contributed by atoms with E-state index in [9.17, 15) is 0 Å². The van der Waals surface area contributed by atoms with Crippen molar-refractivity contribution in [3.63, 3.8) is 0 Å². The van der Waals surface area contributed by atoms with Crippen LogP contribution >= 0.6 is 0 Å². The molecule has 0 saturated carbocycles. The van der Waals surface area contributed by atoms with Crippen LogP contribution in [0.5, 0.6) is 0 Å². The van der Waals surface area contributed by atoms with Crippen LogP contribution in [0, 0.1) is 5.92 Å². The molecule has 1 unspecified atom stereocenters. The zero-order valence-electron chi connectivity index (χ0n) is 6.32. The van der Waals surface area contributed by atoms with Crippen molar-refractivity contribution < 1.29 is 1.43 Å². The molecule has 0 amide bonds. The largest absolute Gasteiger partial charge is 0.316 e. The molecule has 0 aromatic rings. The zero-order chi connectivity index (χ0) is 6.53. The second kappa shape index (κ2) is 3.89. The van der Waals surface area contributed by atoms with E-state index in [0.717, 1.165) is 5.92 Å². The molecule has 9 heavy (non-hydrogen) atoms. The molecular weight excluding hydrogens is 110 g/mol. The van der Waals surface area contributed by atoms with Gasteiger partial charge in [0.1, 0.15) is 0 Å². The third-order valence-corrected chi connectivity index (χ3v) is 2.10. The van der Waals surface area contributed by atoms with Crippen molar-refractivity contribution in [1.29, 1.82) is 0 Å². The highest BCUT2D eigenvalue weighted by atomic mass is 14.9. The Morgan fingerprint density at radius 3 is 3.11 bits per heavy atom. The Labute approximate surface area is 59.3 Å². The van der Waals surface area contributed by atoms with E-state index >= 15 is 0 Å². The van der Waals surface area contributed by atoms with Gasteiger partial charge in [-0.15, -0.1) is 0 Å². The highest BCUT2D eigenvalue weighted by molar-refractivity contribution is 4.67. The fourth-order valence-corrected chi connectivity index (χ4v) is 1.58. The quantitative estimate of drug-likeness (QED) is 0.601. The second-order valence-corrected chi connectivity index (χ2v) is 3.00. The molecule has 1 N–H and O–H groups in total. The number of hydrogen-bond donors (Lipinski definition) is 1. The first-order valence-corrected chi connectivity index (χ1v) is 4.14. The number of rotatable bonds is 2. The van der Waals surface area contributed by atoms with Crippen molar-refractivity contribution >= 4 is 0 Å². The standard InChI is InChI=1S/C8H17N.H2/c1-2-4-8-5-3-6-9-7-8;/h8-9H,2-7H2,1H3;1H. The van der Waals surface area contributed by atoms with E-state index in [-0.39, 0.29) is 1.43 Å². The summed E-state index contributed by atoms with van der Waals surface area (Å²) in [6.07, 6.45) is 5.63. The number of nitrogens with one attached hydrogen (secondary N) is 1. The molecule has 0 spiro atoms. The van der Waals surface area contributed by atoms with Crippen molar-refractivity contribution in [3.05, 3.63) is 0 Å². The van der Waals surface area contributed by atoms with Gasteiger partial charge in [-0.05, 0) is 38.3 Å². The van der Waals surface area contributed by atoms with Crippen LogP contribution in [0.2, 0.25) is 0 Å². The Morgan fingerprint density at radius 1 is 1.67 bits per heavy atom. The van der Waals surface area contributed by atoms with Gasteiger partial charge in [0.2, 0.25) is 0 Å². The summed E-state index contributed by atoms with van der Waals surface area (Å²) in [5, 5.41) is 3.42. The smallest absolute Gasteiger partial charge is 0 e. The van der Waals surface area contributed by atoms with Gasteiger partial charge in [-0.1, -0.05) is 13.3 Å². The van der Waals surface area contributed by atoms with Gasteiger partial charge in [0.05, 0.1) is 0 Å². The molecule has 1 heterocycles. The molecule has 0 radical (unpaired) electrons. The summed E-state index contributed by atoms with van der Waals surface area (Å²) in [5.74, 6) is 0.990. The molecule has 1 saturated heterocycles. The van der Waals surface area contributed by atoms with E-state index < -0.39 is 0 Å². The summed E-state index contributed by atoms with van der Waals surface area (Å²) < 4.78 is 0. The van der Waals surface area contributed by atoms with Crippen molar-refractivity contribution in [2.45, 2.75) is 32.6 Å². The fraction of sp³-hybridized carbons (Fsp3) is 1.00. The fourth-order valence-electron chi connectivity index (χ4n) is 1.58. The predicted octanol–water partition coefficient (Wildman–Crippen LogP) is 2.03. The first kappa shape index (κ1) is 7.07. The summed E-state index contributed by atoms with van der Waals surface area (Å²) >= 11 is 0. The SMILES string of the molecule is CCCC1CCCNC1.[HH]. The van der Waals surface area contributed by atoms with Crippen LogP contribution in [-0.4, -0.2) is 13.1 Å². The van der Waals surface area contributed by atoms with Gasteiger partial charge in [-0.3, -0.25) is 0 Å². The molecule has 1 heteroatoms. The highest BCUT2D eigenvalue weighted by Crippen LogP contribution is 2.14. The molecule has 1 fully saturated rings. The lowest BCUT2D eigenvalue weighted by atomic mass is 9.95. The maximum atomic E-state index is 3.42. The molecule has 1 nitrogen and oxygen atoms in total. The third-order valence-electron chi connectivity index (χ3n) is 2.10. The minimum absolute atomic E-state index is 0. The molecule has 0 aliphatic carbocycles. The second-order valence-electron chi connectivity index (χ2n) is 3.00. The maximum Gasteiger partial charge on any atom is 0 e. The normalized spacial score (nSPS) is 28.3. The van der Waals surface area contributed by atoms with Gasteiger partial charge in [-0.2, -0.15) is 0 Å². The molecule has 1 aliphatic rings. The summed E-state index contributed by atoms with van der Waals surface area (Å²) in [6.45, 7) is 4.79. The van der Waals surface area contributed by atoms with E-state index in [2.05, 4.69) is 12.2 Å². The summed E-state index contributed by atoms with van der Waals surface area (Å²) in [6, 6.07) is 0. The number of piperidine rings is 1. The average Bonchev–Trinajstić information content (AvgIpc) is 1.91. The molecule has 1 atom stereocenters. The lowest BCUT2D eigenvalue weighted by Gasteiger charge is -2.21. The molecular formula is C8H19N. The first-order valence-electron chi connectivity index (χ1n) is 4.14. The lowest BCUT2D eigenvalue weighted by molar-refractivity contribution is 0.355. The summed E-state index contributed by atoms with van der Waals surface area (Å²) in [7, 11) is 0. The van der Waals surface area contributed by atoms with Gasteiger partial charge in [-0.25, -0.2) is 0 Å². The van der Waals surface area contributed by atoms with Crippen LogP contribution in [0.1, 0.15) is 34.0 Å². The Morgan fingerprint density at radius 2 is 2.56 bits per heavy atom. The minimum atomic E-state index is 0. The molecule has 1 rings (SSSR count). The van der Waals surface area contributed by atoms with Gasteiger partial charge < -0.3 is 5.32 Å². The van der Waals surface area contributed by atoms with Crippen LogP contribution in [0.3, 0.4) is 0 Å². The third kappa shape index (κ3) is 2.35. The Kier molecular flexibility index (Phi) is 3.05. The topological polar surface area (TPSA) is 12.0 Å². The Bertz CT molecular complexity index is 66.9. The van der Waals surface area contributed by atoms with Crippen LogP contribution in [0.15, 0.2) is 0 Å². The lowest BCUT2D eigenvalue weighted by Crippen LogP contribution is -2.29. The molecule has 1 aliphatic heterocycles. The Balaban J connectivity index is 0.000000810. The monoisotopic (exact) mass is 129 g/mol. The van der Waals surface area contributed by atoms with Crippen LogP contribution in [0.25, 0.3) is 0 Å². The van der Waals surface area contributed by atoms with Crippen LogP contribution < -0.4 is 5.32 Å². The van der Waals surface area contributed by atoms with Crippen molar-refractivity contribution in [1.82, 2.24) is 5.32 Å². The van der Waals surface area contributed by atoms with Gasteiger partial charge in [0, 0.05) is 1.43 Å². The van der Waals surface area contributed by atoms with Crippen LogP contribution in [0.4, 0.5) is 0 Å². The van der Waals surface area contributed by atoms with Crippen molar-refractivity contribution in [2.24, 2.45) is 5.92 Å². The van der Waals surface area contributed by atoms with Gasteiger partial charge >= 0.3 is 0 Å². The van der Waals surface area contributed by atoms with E-state index in [1.807, 2.05) is 0 Å². The average molecular weight is 129 g/mol. The van der Waals surface area contributed by atoms with Crippen molar-refractivity contribution in [2.75, 3.05) is 13.1 Å². The molecule has 0 aromatic carbocycles. The zero-order valence-corrected chi connectivity index (χ0v) is 6.32. The van der Waals surface area contributed by atoms with E-state index in [1.165, 1.54) is 38.8 Å². The van der Waals surface area contributed by atoms with Crippen molar-refractivity contribution in [3.8, 4) is 0 Å². The molecule has 56 valence electrons. The predicted molar refractivity (Wildman–Crippen MR) is 42.6 cm³/mol. The minimum Gasteiger partial charge on any atom is -0.316 e. The van der Waals surface area contributed by atoms with Gasteiger partial charge in [0.25, 0.3) is 0 Å². The van der Waals surface area contributed by atoms with E-state index in [4.69, 9.17) is 0 Å². The molecule has 0 aromatic heterocycles. The highest BCUT2D eigenvalue weighted by Gasteiger charge is 2.10. The van der Waals surface area contributed by atoms with Gasteiger partial charge in [0.15, 0.2) is 0 Å². The Hall–Kier alpha value is -0.0400. The summed E-state index contributed by atoms with van der Waals surface area (Å²) in [4.78, 5) is 0. The first-order chi connectivity index (χ1) is 4.43. The van der Waals surface area contributed by atoms with Crippen LogP contribution in [-0.2, 0) is 0 Å². The molecule has 0 bridgehead atoms.